The van der Waals surface area contributed by atoms with Crippen molar-refractivity contribution >= 4 is 30.7 Å². The van der Waals surface area contributed by atoms with Crippen LogP contribution in [-0.4, -0.2) is 74.7 Å². The highest BCUT2D eigenvalue weighted by atomic mass is 35.5. The minimum atomic E-state index is -0.273. The van der Waals surface area contributed by atoms with Crippen molar-refractivity contribution in [3.8, 4) is 0 Å². The van der Waals surface area contributed by atoms with E-state index in [1.54, 1.807) is 0 Å². The van der Waals surface area contributed by atoms with Gasteiger partial charge in [0.1, 0.15) is 6.10 Å². The van der Waals surface area contributed by atoms with Crippen LogP contribution in [0.4, 0.5) is 0 Å². The lowest BCUT2D eigenvalue weighted by Crippen LogP contribution is -2.54. The van der Waals surface area contributed by atoms with E-state index >= 15 is 0 Å². The predicted octanol–water partition coefficient (Wildman–Crippen LogP) is 0.371. The van der Waals surface area contributed by atoms with Crippen molar-refractivity contribution < 1.29 is 9.53 Å². The molecular formula is C12H25Cl2N3O2. The molecule has 0 aromatic heterocycles. The number of carbonyl (C=O) groups excluding carboxylic acids is 1. The molecule has 0 aliphatic carbocycles. The van der Waals surface area contributed by atoms with E-state index in [0.29, 0.717) is 19.2 Å². The van der Waals surface area contributed by atoms with E-state index in [-0.39, 0.29) is 36.8 Å². The summed E-state index contributed by atoms with van der Waals surface area (Å²) in [6, 6.07) is 0.490. The molecule has 2 rings (SSSR count). The van der Waals surface area contributed by atoms with Gasteiger partial charge in [0, 0.05) is 32.2 Å². The van der Waals surface area contributed by atoms with Crippen molar-refractivity contribution in [2.24, 2.45) is 0 Å². The summed E-state index contributed by atoms with van der Waals surface area (Å²) in [5.41, 5.74) is 0. The van der Waals surface area contributed by atoms with Gasteiger partial charge in [-0.15, -0.1) is 24.8 Å². The smallest absolute Gasteiger partial charge is 0.253 e. The Morgan fingerprint density at radius 2 is 2.11 bits per heavy atom. The Balaban J connectivity index is 0.00000162. The third-order valence-electron chi connectivity index (χ3n) is 3.64. The molecule has 5 nitrogen and oxygen atoms in total. The van der Waals surface area contributed by atoms with Crippen LogP contribution >= 0.6 is 24.8 Å². The van der Waals surface area contributed by atoms with Crippen LogP contribution in [0.5, 0.6) is 0 Å². The molecule has 19 heavy (non-hydrogen) atoms. The molecule has 2 heterocycles. The number of hydrogen-bond donors (Lipinski definition) is 1. The number of piperidine rings is 1. The van der Waals surface area contributed by atoms with Gasteiger partial charge in [-0.25, -0.2) is 0 Å². The number of nitrogens with one attached hydrogen (secondary N) is 1. The first-order chi connectivity index (χ1) is 8.18. The second kappa shape index (κ2) is 8.97. The summed E-state index contributed by atoms with van der Waals surface area (Å²) < 4.78 is 5.52. The van der Waals surface area contributed by atoms with E-state index in [2.05, 4.69) is 24.3 Å². The molecule has 0 aromatic carbocycles. The number of hydrogen-bond acceptors (Lipinski definition) is 4. The van der Waals surface area contributed by atoms with Crippen LogP contribution in [-0.2, 0) is 9.53 Å². The fraction of sp³-hybridized carbons (Fsp3) is 0.917. The molecule has 1 amide bonds. The van der Waals surface area contributed by atoms with E-state index in [9.17, 15) is 4.79 Å². The average molecular weight is 314 g/mol. The third kappa shape index (κ3) is 5.08. The van der Waals surface area contributed by atoms with Gasteiger partial charge in [0.15, 0.2) is 0 Å². The number of carbonyl (C=O) groups is 1. The molecule has 114 valence electrons. The summed E-state index contributed by atoms with van der Waals surface area (Å²) >= 11 is 0. The van der Waals surface area contributed by atoms with Crippen LogP contribution in [0.2, 0.25) is 0 Å². The maximum Gasteiger partial charge on any atom is 0.253 e. The van der Waals surface area contributed by atoms with Gasteiger partial charge in [0.05, 0.1) is 6.61 Å². The minimum absolute atomic E-state index is 0. The molecule has 0 aromatic rings. The molecule has 7 heteroatoms. The first-order valence-electron chi connectivity index (χ1n) is 6.46. The SMILES string of the molecule is CN(C)C1CCCN(C(=O)C2CNCCO2)C1.Cl.Cl. The van der Waals surface area contributed by atoms with Crippen molar-refractivity contribution in [3.63, 3.8) is 0 Å². The van der Waals surface area contributed by atoms with Gasteiger partial charge in [0.25, 0.3) is 5.91 Å². The van der Waals surface area contributed by atoms with Gasteiger partial charge in [-0.05, 0) is 26.9 Å². The number of rotatable bonds is 2. The number of ether oxygens (including phenoxy) is 1. The fourth-order valence-corrected chi connectivity index (χ4v) is 2.50. The maximum absolute atomic E-state index is 12.3. The molecular weight excluding hydrogens is 289 g/mol. The second-order valence-corrected chi connectivity index (χ2v) is 5.11. The number of nitrogens with zero attached hydrogens (tertiary/aromatic N) is 2. The van der Waals surface area contributed by atoms with E-state index in [0.717, 1.165) is 26.1 Å². The van der Waals surface area contributed by atoms with Crippen molar-refractivity contribution in [2.45, 2.75) is 25.0 Å². The normalized spacial score (nSPS) is 27.4. The van der Waals surface area contributed by atoms with Gasteiger partial charge < -0.3 is 19.9 Å². The van der Waals surface area contributed by atoms with Crippen molar-refractivity contribution in [1.82, 2.24) is 15.1 Å². The Bertz CT molecular complexity index is 274. The van der Waals surface area contributed by atoms with Crippen LogP contribution in [0.1, 0.15) is 12.8 Å². The first kappa shape index (κ1) is 18.9. The largest absolute Gasteiger partial charge is 0.366 e. The fourth-order valence-electron chi connectivity index (χ4n) is 2.50. The first-order valence-corrected chi connectivity index (χ1v) is 6.46. The number of amides is 1. The summed E-state index contributed by atoms with van der Waals surface area (Å²) in [4.78, 5) is 16.4. The van der Waals surface area contributed by atoms with Gasteiger partial charge in [-0.3, -0.25) is 4.79 Å². The number of likely N-dealkylation sites (tertiary alicyclic amines) is 1. The molecule has 2 saturated heterocycles. The topological polar surface area (TPSA) is 44.8 Å². The summed E-state index contributed by atoms with van der Waals surface area (Å²) in [7, 11) is 4.16. The Morgan fingerprint density at radius 1 is 1.37 bits per heavy atom. The zero-order valence-corrected chi connectivity index (χ0v) is 13.3. The molecule has 2 atom stereocenters. The Kier molecular flexibility index (Phi) is 8.94. The molecule has 0 radical (unpaired) electrons. The highest BCUT2D eigenvalue weighted by Crippen LogP contribution is 2.15. The summed E-state index contributed by atoms with van der Waals surface area (Å²) in [6.07, 6.45) is 2.00. The van der Waals surface area contributed by atoms with Crippen molar-refractivity contribution in [1.29, 1.82) is 0 Å². The van der Waals surface area contributed by atoms with Gasteiger partial charge >= 0.3 is 0 Å². The molecule has 2 aliphatic heterocycles. The van der Waals surface area contributed by atoms with Crippen LogP contribution in [0.15, 0.2) is 0 Å². The van der Waals surface area contributed by atoms with Crippen LogP contribution in [0, 0.1) is 0 Å². The predicted molar refractivity (Wildman–Crippen MR) is 80.4 cm³/mol. The molecule has 0 bridgehead atoms. The molecule has 1 N–H and O–H groups in total. The van der Waals surface area contributed by atoms with Crippen molar-refractivity contribution in [2.75, 3.05) is 46.9 Å². The Hall–Kier alpha value is -0.0700. The van der Waals surface area contributed by atoms with E-state index in [1.807, 2.05) is 4.90 Å². The molecule has 2 fully saturated rings. The van der Waals surface area contributed by atoms with Crippen LogP contribution in [0.3, 0.4) is 0 Å². The summed E-state index contributed by atoms with van der Waals surface area (Å²) in [5.74, 6) is 0.156. The van der Waals surface area contributed by atoms with Gasteiger partial charge in [-0.2, -0.15) is 0 Å². The monoisotopic (exact) mass is 313 g/mol. The lowest BCUT2D eigenvalue weighted by molar-refractivity contribution is -0.147. The second-order valence-electron chi connectivity index (χ2n) is 5.11. The number of halogens is 2. The maximum atomic E-state index is 12.3. The highest BCUT2D eigenvalue weighted by molar-refractivity contribution is 5.85. The minimum Gasteiger partial charge on any atom is -0.366 e. The van der Waals surface area contributed by atoms with Crippen LogP contribution < -0.4 is 5.32 Å². The molecule has 0 saturated carbocycles. The lowest BCUT2D eigenvalue weighted by atomic mass is 10.0. The lowest BCUT2D eigenvalue weighted by Gasteiger charge is -2.38. The molecule has 0 spiro atoms. The zero-order chi connectivity index (χ0) is 12.3. The zero-order valence-electron chi connectivity index (χ0n) is 11.6. The van der Waals surface area contributed by atoms with Gasteiger partial charge in [0.2, 0.25) is 0 Å². The van der Waals surface area contributed by atoms with Crippen molar-refractivity contribution in [3.05, 3.63) is 0 Å². The standard InChI is InChI=1S/C12H23N3O2.2ClH/c1-14(2)10-4-3-6-15(9-10)12(16)11-8-13-5-7-17-11;;/h10-11,13H,3-9H2,1-2H3;2*1H. The third-order valence-corrected chi connectivity index (χ3v) is 3.64. The average Bonchev–Trinajstić information content (AvgIpc) is 2.39. The Morgan fingerprint density at radius 3 is 2.68 bits per heavy atom. The quantitative estimate of drug-likeness (QED) is 0.800. The van der Waals surface area contributed by atoms with E-state index < -0.39 is 0 Å². The number of morpholine rings is 1. The van der Waals surface area contributed by atoms with E-state index in [1.165, 1.54) is 6.42 Å². The van der Waals surface area contributed by atoms with Gasteiger partial charge in [-0.1, -0.05) is 0 Å². The molecule has 2 aliphatic rings. The number of likely N-dealkylation sites (N-methyl/N-ethyl adjacent to an activating group) is 1. The summed E-state index contributed by atoms with van der Waals surface area (Å²) in [6.45, 7) is 3.86. The summed E-state index contributed by atoms with van der Waals surface area (Å²) in [5, 5.41) is 3.21. The van der Waals surface area contributed by atoms with Crippen LogP contribution in [0.25, 0.3) is 0 Å². The van der Waals surface area contributed by atoms with E-state index in [4.69, 9.17) is 4.74 Å². The Labute approximate surface area is 127 Å². The highest BCUT2D eigenvalue weighted by Gasteiger charge is 2.30. The molecule has 2 unspecified atom stereocenters.